The molecular weight excluding hydrogens is 208 g/mol. The molecule has 0 aromatic heterocycles. The highest BCUT2D eigenvalue weighted by Crippen LogP contribution is 2.20. The van der Waals surface area contributed by atoms with Crippen molar-refractivity contribution in [1.29, 1.82) is 0 Å². The van der Waals surface area contributed by atoms with E-state index in [0.29, 0.717) is 6.42 Å². The summed E-state index contributed by atoms with van der Waals surface area (Å²) in [6.07, 6.45) is 5.36. The summed E-state index contributed by atoms with van der Waals surface area (Å²) in [5.74, 6) is -2.11. The molecule has 0 saturated carbocycles. The SMILES string of the molecule is CC/C=C/C(CC)C(C(=O)OC)C(=O)OC. The van der Waals surface area contributed by atoms with Crippen molar-refractivity contribution in [3.05, 3.63) is 12.2 Å². The van der Waals surface area contributed by atoms with Crippen LogP contribution >= 0.6 is 0 Å². The van der Waals surface area contributed by atoms with Crippen LogP contribution in [0.15, 0.2) is 12.2 Å². The lowest BCUT2D eigenvalue weighted by Gasteiger charge is -2.18. The van der Waals surface area contributed by atoms with Gasteiger partial charge in [0.1, 0.15) is 0 Å². The minimum absolute atomic E-state index is 0.167. The van der Waals surface area contributed by atoms with Crippen molar-refractivity contribution in [3.63, 3.8) is 0 Å². The molecule has 0 aromatic rings. The van der Waals surface area contributed by atoms with Gasteiger partial charge in [-0.15, -0.1) is 0 Å². The van der Waals surface area contributed by atoms with Crippen molar-refractivity contribution in [2.45, 2.75) is 26.7 Å². The molecule has 0 aromatic carbocycles. The zero-order valence-corrected chi connectivity index (χ0v) is 10.4. The van der Waals surface area contributed by atoms with Crippen LogP contribution in [-0.4, -0.2) is 26.2 Å². The standard InChI is InChI=1S/C12H20O4/c1-5-7-8-9(6-2)10(11(13)15-3)12(14)16-4/h7-10H,5-6H2,1-4H3/b8-7+. The summed E-state index contributed by atoms with van der Waals surface area (Å²) in [6.45, 7) is 3.91. The van der Waals surface area contributed by atoms with Gasteiger partial charge < -0.3 is 9.47 Å². The van der Waals surface area contributed by atoms with E-state index in [1.807, 2.05) is 26.0 Å². The minimum atomic E-state index is -0.859. The summed E-state index contributed by atoms with van der Waals surface area (Å²) in [7, 11) is 2.54. The Morgan fingerprint density at radius 1 is 1.12 bits per heavy atom. The summed E-state index contributed by atoms with van der Waals surface area (Å²) in [4.78, 5) is 23.0. The van der Waals surface area contributed by atoms with Crippen molar-refractivity contribution in [3.8, 4) is 0 Å². The van der Waals surface area contributed by atoms with Gasteiger partial charge >= 0.3 is 11.9 Å². The Bertz CT molecular complexity index is 242. The Kier molecular flexibility index (Phi) is 7.25. The molecule has 0 N–H and O–H groups in total. The Morgan fingerprint density at radius 3 is 1.94 bits per heavy atom. The normalized spacial score (nSPS) is 12.8. The smallest absolute Gasteiger partial charge is 0.320 e. The van der Waals surface area contributed by atoms with Crippen molar-refractivity contribution in [2.75, 3.05) is 14.2 Å². The second kappa shape index (κ2) is 7.91. The molecule has 0 fully saturated rings. The summed E-state index contributed by atoms with van der Waals surface area (Å²) in [6, 6.07) is 0. The second-order valence-corrected chi connectivity index (χ2v) is 3.43. The summed E-state index contributed by atoms with van der Waals surface area (Å²) >= 11 is 0. The molecule has 0 aliphatic carbocycles. The fourth-order valence-electron chi connectivity index (χ4n) is 1.49. The molecule has 4 nitrogen and oxygen atoms in total. The highest BCUT2D eigenvalue weighted by Gasteiger charge is 2.34. The summed E-state index contributed by atoms with van der Waals surface area (Å²) < 4.78 is 9.25. The van der Waals surface area contributed by atoms with Crippen molar-refractivity contribution >= 4 is 11.9 Å². The van der Waals surface area contributed by atoms with Crippen LogP contribution in [0.5, 0.6) is 0 Å². The molecule has 92 valence electrons. The maximum Gasteiger partial charge on any atom is 0.320 e. The molecule has 4 heteroatoms. The van der Waals surface area contributed by atoms with E-state index >= 15 is 0 Å². The van der Waals surface area contributed by atoms with Gasteiger partial charge in [-0.3, -0.25) is 9.59 Å². The number of methoxy groups -OCH3 is 2. The predicted molar refractivity (Wildman–Crippen MR) is 60.7 cm³/mol. The van der Waals surface area contributed by atoms with E-state index in [0.717, 1.165) is 6.42 Å². The average molecular weight is 228 g/mol. The van der Waals surface area contributed by atoms with E-state index in [9.17, 15) is 9.59 Å². The largest absolute Gasteiger partial charge is 0.468 e. The highest BCUT2D eigenvalue weighted by atomic mass is 16.5. The number of hydrogen-bond acceptors (Lipinski definition) is 4. The summed E-state index contributed by atoms with van der Waals surface area (Å²) in [5, 5.41) is 0. The molecule has 1 atom stereocenters. The molecule has 16 heavy (non-hydrogen) atoms. The first kappa shape index (κ1) is 14.7. The van der Waals surface area contributed by atoms with Crippen LogP contribution in [0.3, 0.4) is 0 Å². The predicted octanol–water partition coefficient (Wildman–Crippen LogP) is 1.94. The van der Waals surface area contributed by atoms with Gasteiger partial charge in [-0.25, -0.2) is 0 Å². The molecule has 0 aliphatic heterocycles. The third kappa shape index (κ3) is 4.04. The lowest BCUT2D eigenvalue weighted by molar-refractivity contribution is -0.160. The van der Waals surface area contributed by atoms with Gasteiger partial charge in [-0.1, -0.05) is 26.0 Å². The molecule has 0 spiro atoms. The lowest BCUT2D eigenvalue weighted by Crippen LogP contribution is -2.32. The number of hydrogen-bond donors (Lipinski definition) is 0. The first-order valence-electron chi connectivity index (χ1n) is 5.44. The Balaban J connectivity index is 4.90. The summed E-state index contributed by atoms with van der Waals surface area (Å²) in [5.41, 5.74) is 0. The Morgan fingerprint density at radius 2 is 1.62 bits per heavy atom. The topological polar surface area (TPSA) is 52.6 Å². The van der Waals surface area contributed by atoms with Crippen molar-refractivity contribution in [1.82, 2.24) is 0 Å². The van der Waals surface area contributed by atoms with Gasteiger partial charge in [0, 0.05) is 5.92 Å². The number of carbonyl (C=O) groups is 2. The van der Waals surface area contributed by atoms with E-state index in [-0.39, 0.29) is 5.92 Å². The lowest BCUT2D eigenvalue weighted by atomic mass is 9.89. The van der Waals surface area contributed by atoms with Crippen molar-refractivity contribution in [2.24, 2.45) is 11.8 Å². The molecule has 0 rings (SSSR count). The van der Waals surface area contributed by atoms with Gasteiger partial charge in [0.05, 0.1) is 14.2 Å². The van der Waals surface area contributed by atoms with Crippen LogP contribution in [0.4, 0.5) is 0 Å². The van der Waals surface area contributed by atoms with Crippen LogP contribution in [0.25, 0.3) is 0 Å². The number of allylic oxidation sites excluding steroid dienone is 2. The highest BCUT2D eigenvalue weighted by molar-refractivity contribution is 5.95. The first-order valence-corrected chi connectivity index (χ1v) is 5.44. The van der Waals surface area contributed by atoms with E-state index < -0.39 is 17.9 Å². The van der Waals surface area contributed by atoms with E-state index in [4.69, 9.17) is 0 Å². The van der Waals surface area contributed by atoms with Gasteiger partial charge in [0.15, 0.2) is 5.92 Å². The number of ether oxygens (including phenoxy) is 2. The Hall–Kier alpha value is -1.32. The third-order valence-electron chi connectivity index (χ3n) is 2.43. The molecule has 1 unspecified atom stereocenters. The average Bonchev–Trinajstić information content (AvgIpc) is 2.32. The van der Waals surface area contributed by atoms with Crippen LogP contribution in [-0.2, 0) is 19.1 Å². The van der Waals surface area contributed by atoms with E-state index in [1.54, 1.807) is 0 Å². The fourth-order valence-corrected chi connectivity index (χ4v) is 1.49. The molecule has 0 aliphatic rings. The maximum absolute atomic E-state index is 11.5. The fraction of sp³-hybridized carbons (Fsp3) is 0.667. The molecule has 0 bridgehead atoms. The number of carbonyl (C=O) groups excluding carboxylic acids is 2. The van der Waals surface area contributed by atoms with Crippen LogP contribution in [0.2, 0.25) is 0 Å². The van der Waals surface area contributed by atoms with Gasteiger partial charge in [-0.05, 0) is 12.8 Å². The second-order valence-electron chi connectivity index (χ2n) is 3.43. The van der Waals surface area contributed by atoms with Crippen LogP contribution in [0.1, 0.15) is 26.7 Å². The van der Waals surface area contributed by atoms with Crippen LogP contribution < -0.4 is 0 Å². The number of esters is 2. The molecule has 0 amide bonds. The molecule has 0 saturated heterocycles. The first-order chi connectivity index (χ1) is 7.62. The third-order valence-corrected chi connectivity index (χ3v) is 2.43. The number of rotatable bonds is 6. The molecular formula is C12H20O4. The monoisotopic (exact) mass is 228 g/mol. The van der Waals surface area contributed by atoms with Crippen molar-refractivity contribution < 1.29 is 19.1 Å². The zero-order valence-electron chi connectivity index (χ0n) is 10.4. The zero-order chi connectivity index (χ0) is 12.6. The van der Waals surface area contributed by atoms with Gasteiger partial charge in [0.2, 0.25) is 0 Å². The van der Waals surface area contributed by atoms with Gasteiger partial charge in [0.25, 0.3) is 0 Å². The quantitative estimate of drug-likeness (QED) is 0.396. The minimum Gasteiger partial charge on any atom is -0.468 e. The maximum atomic E-state index is 11.5. The van der Waals surface area contributed by atoms with Crippen LogP contribution in [0, 0.1) is 11.8 Å². The van der Waals surface area contributed by atoms with E-state index in [2.05, 4.69) is 9.47 Å². The molecule has 0 heterocycles. The van der Waals surface area contributed by atoms with E-state index in [1.165, 1.54) is 14.2 Å². The Labute approximate surface area is 96.6 Å². The molecule has 0 radical (unpaired) electrons. The van der Waals surface area contributed by atoms with Gasteiger partial charge in [-0.2, -0.15) is 0 Å².